The molecule has 0 N–H and O–H groups in total. The van der Waals surface area contributed by atoms with Crippen molar-refractivity contribution in [2.45, 2.75) is 24.1 Å². The van der Waals surface area contributed by atoms with Crippen LogP contribution in [0.5, 0.6) is 0 Å². The summed E-state index contributed by atoms with van der Waals surface area (Å²) in [5.74, 6) is 0.727. The van der Waals surface area contributed by atoms with Gasteiger partial charge in [-0.25, -0.2) is 9.97 Å². The second-order valence-electron chi connectivity index (χ2n) is 2.84. The predicted molar refractivity (Wildman–Crippen MR) is 46.6 cm³/mol. The first kappa shape index (κ1) is 7.22. The lowest BCUT2D eigenvalue weighted by atomic mass is 10.2. The molecular formula is C8H9BrN2. The normalized spacial score (nSPS) is 16.8. The van der Waals surface area contributed by atoms with Crippen molar-refractivity contribution in [3.8, 4) is 0 Å². The Bertz CT molecular complexity index is 258. The number of aromatic nitrogens is 2. The van der Waals surface area contributed by atoms with Crippen LogP contribution >= 0.6 is 15.9 Å². The van der Waals surface area contributed by atoms with Crippen LogP contribution in [0.15, 0.2) is 12.5 Å². The first-order valence-corrected chi connectivity index (χ1v) is 4.88. The molecule has 1 heterocycles. The highest BCUT2D eigenvalue weighted by Gasteiger charge is 2.26. The topological polar surface area (TPSA) is 25.8 Å². The molecular weight excluding hydrogens is 204 g/mol. The highest BCUT2D eigenvalue weighted by molar-refractivity contribution is 9.08. The summed E-state index contributed by atoms with van der Waals surface area (Å²) in [6.07, 6.45) is 6.14. The molecule has 0 saturated heterocycles. The summed E-state index contributed by atoms with van der Waals surface area (Å²) in [7, 11) is 0. The maximum Gasteiger partial charge on any atom is 0.115 e. The molecule has 1 aliphatic rings. The Hall–Kier alpha value is -0.440. The van der Waals surface area contributed by atoms with Crippen LogP contribution in [0.25, 0.3) is 0 Å². The fraction of sp³-hybridized carbons (Fsp3) is 0.500. The van der Waals surface area contributed by atoms with Crippen LogP contribution in [-0.4, -0.2) is 9.97 Å². The molecule has 1 aliphatic carbocycles. The Morgan fingerprint density at radius 2 is 2.36 bits per heavy atom. The summed E-state index contributed by atoms with van der Waals surface area (Å²) in [4.78, 5) is 8.26. The average Bonchev–Trinajstić information content (AvgIpc) is 2.87. The number of hydrogen-bond donors (Lipinski definition) is 0. The van der Waals surface area contributed by atoms with Gasteiger partial charge >= 0.3 is 0 Å². The molecule has 1 saturated carbocycles. The summed E-state index contributed by atoms with van der Waals surface area (Å²) in [6, 6.07) is 0. The third-order valence-corrected chi connectivity index (χ3v) is 2.53. The van der Waals surface area contributed by atoms with Gasteiger partial charge in [-0.15, -0.1) is 0 Å². The molecule has 0 radical (unpaired) electrons. The zero-order valence-corrected chi connectivity index (χ0v) is 7.71. The standard InChI is InChI=1S/C8H9BrN2/c9-3-7-4-10-5-11-8(7)6-1-2-6/h4-6H,1-3H2. The van der Waals surface area contributed by atoms with Gasteiger partial charge in [-0.1, -0.05) is 15.9 Å². The summed E-state index contributed by atoms with van der Waals surface area (Å²) >= 11 is 3.42. The van der Waals surface area contributed by atoms with Crippen molar-refractivity contribution in [3.05, 3.63) is 23.8 Å². The Morgan fingerprint density at radius 3 is 3.00 bits per heavy atom. The van der Waals surface area contributed by atoms with Crippen LogP contribution in [0.3, 0.4) is 0 Å². The molecule has 2 rings (SSSR count). The van der Waals surface area contributed by atoms with Crippen LogP contribution in [0, 0.1) is 0 Å². The van der Waals surface area contributed by atoms with E-state index in [2.05, 4.69) is 25.9 Å². The second kappa shape index (κ2) is 2.89. The van der Waals surface area contributed by atoms with Gasteiger partial charge in [0.2, 0.25) is 0 Å². The third-order valence-electron chi connectivity index (χ3n) is 1.93. The zero-order chi connectivity index (χ0) is 7.68. The van der Waals surface area contributed by atoms with Gasteiger partial charge in [0.15, 0.2) is 0 Å². The van der Waals surface area contributed by atoms with Gasteiger partial charge in [0.05, 0.1) is 5.69 Å². The minimum absolute atomic E-state index is 0.727. The molecule has 0 spiro atoms. The van der Waals surface area contributed by atoms with E-state index >= 15 is 0 Å². The summed E-state index contributed by atoms with van der Waals surface area (Å²) in [5.41, 5.74) is 2.49. The lowest BCUT2D eigenvalue weighted by molar-refractivity contribution is 0.955. The second-order valence-corrected chi connectivity index (χ2v) is 3.40. The van der Waals surface area contributed by atoms with E-state index in [4.69, 9.17) is 0 Å². The van der Waals surface area contributed by atoms with E-state index in [9.17, 15) is 0 Å². The molecule has 0 aromatic carbocycles. The van der Waals surface area contributed by atoms with E-state index in [1.807, 2.05) is 6.20 Å². The average molecular weight is 213 g/mol. The van der Waals surface area contributed by atoms with E-state index in [1.165, 1.54) is 24.1 Å². The lowest BCUT2D eigenvalue weighted by Crippen LogP contribution is -1.93. The summed E-state index contributed by atoms with van der Waals surface area (Å²) < 4.78 is 0. The number of alkyl halides is 1. The maximum atomic E-state index is 4.27. The van der Waals surface area contributed by atoms with Crippen molar-refractivity contribution in [2.75, 3.05) is 0 Å². The van der Waals surface area contributed by atoms with Crippen LogP contribution < -0.4 is 0 Å². The first-order valence-electron chi connectivity index (χ1n) is 3.76. The first-order chi connectivity index (χ1) is 5.42. The Balaban J connectivity index is 2.34. The Labute approximate surface area is 74.2 Å². The molecule has 0 amide bonds. The molecule has 1 fully saturated rings. The quantitative estimate of drug-likeness (QED) is 0.704. The van der Waals surface area contributed by atoms with Crippen molar-refractivity contribution in [2.24, 2.45) is 0 Å². The van der Waals surface area contributed by atoms with E-state index < -0.39 is 0 Å². The van der Waals surface area contributed by atoms with Crippen LogP contribution in [0.4, 0.5) is 0 Å². The number of halogens is 1. The monoisotopic (exact) mass is 212 g/mol. The van der Waals surface area contributed by atoms with Crippen molar-refractivity contribution in [1.29, 1.82) is 0 Å². The highest BCUT2D eigenvalue weighted by Crippen LogP contribution is 2.40. The van der Waals surface area contributed by atoms with Gasteiger partial charge in [-0.3, -0.25) is 0 Å². The molecule has 1 aromatic heterocycles. The molecule has 0 unspecified atom stereocenters. The molecule has 3 heteroatoms. The molecule has 0 bridgehead atoms. The van der Waals surface area contributed by atoms with Gasteiger partial charge in [-0.05, 0) is 12.8 Å². The van der Waals surface area contributed by atoms with Gasteiger partial charge in [-0.2, -0.15) is 0 Å². The summed E-state index contributed by atoms with van der Waals surface area (Å²) in [6.45, 7) is 0. The minimum Gasteiger partial charge on any atom is -0.244 e. The van der Waals surface area contributed by atoms with E-state index in [0.717, 1.165) is 11.2 Å². The fourth-order valence-electron chi connectivity index (χ4n) is 1.20. The van der Waals surface area contributed by atoms with E-state index in [0.29, 0.717) is 0 Å². The third kappa shape index (κ3) is 1.43. The zero-order valence-electron chi connectivity index (χ0n) is 6.13. The molecule has 0 atom stereocenters. The molecule has 0 aliphatic heterocycles. The van der Waals surface area contributed by atoms with E-state index in [1.54, 1.807) is 6.33 Å². The van der Waals surface area contributed by atoms with Crippen molar-refractivity contribution in [3.63, 3.8) is 0 Å². The van der Waals surface area contributed by atoms with Crippen LogP contribution in [0.1, 0.15) is 30.0 Å². The van der Waals surface area contributed by atoms with Gasteiger partial charge in [0.25, 0.3) is 0 Å². The Kier molecular flexibility index (Phi) is 1.90. The lowest BCUT2D eigenvalue weighted by Gasteiger charge is -2.01. The van der Waals surface area contributed by atoms with Crippen LogP contribution in [0.2, 0.25) is 0 Å². The molecule has 1 aromatic rings. The Morgan fingerprint density at radius 1 is 1.55 bits per heavy atom. The minimum atomic E-state index is 0.727. The van der Waals surface area contributed by atoms with Crippen molar-refractivity contribution in [1.82, 2.24) is 9.97 Å². The highest BCUT2D eigenvalue weighted by atomic mass is 79.9. The number of nitrogens with zero attached hydrogens (tertiary/aromatic N) is 2. The van der Waals surface area contributed by atoms with E-state index in [-0.39, 0.29) is 0 Å². The van der Waals surface area contributed by atoms with Crippen molar-refractivity contribution < 1.29 is 0 Å². The summed E-state index contributed by atoms with van der Waals surface area (Å²) in [5, 5.41) is 0.875. The molecule has 58 valence electrons. The van der Waals surface area contributed by atoms with Gasteiger partial charge < -0.3 is 0 Å². The maximum absolute atomic E-state index is 4.27. The number of hydrogen-bond acceptors (Lipinski definition) is 2. The number of rotatable bonds is 2. The van der Waals surface area contributed by atoms with Gasteiger partial charge in [0, 0.05) is 23.0 Å². The molecule has 11 heavy (non-hydrogen) atoms. The predicted octanol–water partition coefficient (Wildman–Crippen LogP) is 2.25. The fourth-order valence-corrected chi connectivity index (χ4v) is 1.63. The van der Waals surface area contributed by atoms with Crippen molar-refractivity contribution >= 4 is 15.9 Å². The SMILES string of the molecule is BrCc1cncnc1C1CC1. The van der Waals surface area contributed by atoms with Crippen LogP contribution in [-0.2, 0) is 5.33 Å². The smallest absolute Gasteiger partial charge is 0.115 e. The largest absolute Gasteiger partial charge is 0.244 e. The molecule has 2 nitrogen and oxygen atoms in total. The van der Waals surface area contributed by atoms with Gasteiger partial charge in [0.1, 0.15) is 6.33 Å².